The smallest absolute Gasteiger partial charge is 0.235 e. The van der Waals surface area contributed by atoms with Crippen molar-refractivity contribution >= 4 is 17.4 Å². The Hall–Kier alpha value is -1.91. The van der Waals surface area contributed by atoms with Crippen LogP contribution in [0.1, 0.15) is 6.42 Å². The molecule has 1 N–H and O–H groups in total. The van der Waals surface area contributed by atoms with Gasteiger partial charge in [0.2, 0.25) is 5.91 Å². The van der Waals surface area contributed by atoms with Crippen LogP contribution >= 0.6 is 0 Å². The maximum Gasteiger partial charge on any atom is 0.235 e. The van der Waals surface area contributed by atoms with Gasteiger partial charge in [-0.05, 0) is 12.1 Å². The molecule has 0 unspecified atom stereocenters. The van der Waals surface area contributed by atoms with E-state index in [1.165, 1.54) is 6.07 Å². The van der Waals surface area contributed by atoms with Crippen LogP contribution in [0, 0.1) is 5.82 Å². The van der Waals surface area contributed by atoms with Crippen LogP contribution in [0.2, 0.25) is 0 Å². The van der Waals surface area contributed by atoms with Crippen LogP contribution in [-0.4, -0.2) is 23.3 Å². The van der Waals surface area contributed by atoms with Gasteiger partial charge in [0.05, 0.1) is 18.7 Å². The van der Waals surface area contributed by atoms with Crippen molar-refractivity contribution in [3.05, 3.63) is 24.0 Å². The highest BCUT2D eigenvalue weighted by atomic mass is 19.1. The number of halogens is 1. The van der Waals surface area contributed by atoms with E-state index in [4.69, 9.17) is 0 Å². The van der Waals surface area contributed by atoms with Crippen molar-refractivity contribution in [3.63, 3.8) is 0 Å². The molecule has 0 radical (unpaired) electrons. The van der Waals surface area contributed by atoms with E-state index >= 15 is 0 Å². The van der Waals surface area contributed by atoms with Crippen molar-refractivity contribution in [3.8, 4) is 5.75 Å². The number of phenolic OH excluding ortho intramolecular Hbond substituents is 1. The fourth-order valence-corrected chi connectivity index (χ4v) is 1.53. The Morgan fingerprint density at radius 2 is 2.07 bits per heavy atom. The highest BCUT2D eigenvalue weighted by molar-refractivity contribution is 6.15. The average molecular weight is 209 g/mol. The van der Waals surface area contributed by atoms with Crippen LogP contribution in [0.4, 0.5) is 10.1 Å². The van der Waals surface area contributed by atoms with Crippen LogP contribution in [0.5, 0.6) is 5.75 Å². The molecule has 1 fully saturated rings. The molecule has 2 rings (SSSR count). The van der Waals surface area contributed by atoms with E-state index in [0.29, 0.717) is 0 Å². The molecule has 78 valence electrons. The topological polar surface area (TPSA) is 57.6 Å². The molecule has 1 aromatic carbocycles. The number of hydrogen-bond donors (Lipinski definition) is 1. The van der Waals surface area contributed by atoms with Gasteiger partial charge in [-0.15, -0.1) is 0 Å². The Bertz CT molecular complexity index is 444. The molecule has 1 amide bonds. The number of rotatable bonds is 1. The third kappa shape index (κ3) is 1.68. The van der Waals surface area contributed by atoms with Crippen molar-refractivity contribution < 1.29 is 19.1 Å². The van der Waals surface area contributed by atoms with E-state index in [0.717, 1.165) is 17.0 Å². The molecule has 0 aliphatic carbocycles. The van der Waals surface area contributed by atoms with E-state index in [1.54, 1.807) is 0 Å². The molecule has 0 saturated carbocycles. The molecule has 1 aliphatic heterocycles. The summed E-state index contributed by atoms with van der Waals surface area (Å²) < 4.78 is 12.7. The lowest BCUT2D eigenvalue weighted by Gasteiger charge is -2.15. The molecule has 15 heavy (non-hydrogen) atoms. The molecule has 0 spiro atoms. The number of hydrogen-bond acceptors (Lipinski definition) is 3. The summed E-state index contributed by atoms with van der Waals surface area (Å²) in [6.45, 7) is -0.0575. The molecular formula is C10H8FNO3. The van der Waals surface area contributed by atoms with Crippen molar-refractivity contribution in [1.29, 1.82) is 0 Å². The predicted octanol–water partition coefficient (Wildman–Crippen LogP) is 0.837. The zero-order chi connectivity index (χ0) is 11.0. The van der Waals surface area contributed by atoms with E-state index in [1.807, 2.05) is 0 Å². The summed E-state index contributed by atoms with van der Waals surface area (Å²) in [5.74, 6) is -1.50. The highest BCUT2D eigenvalue weighted by Crippen LogP contribution is 2.30. The molecule has 0 atom stereocenters. The summed E-state index contributed by atoms with van der Waals surface area (Å²) >= 11 is 0. The number of amides is 1. The average Bonchev–Trinajstić information content (AvgIpc) is 2.45. The van der Waals surface area contributed by atoms with Crippen LogP contribution in [0.3, 0.4) is 0 Å². The third-order valence-corrected chi connectivity index (χ3v) is 2.21. The van der Waals surface area contributed by atoms with Crippen LogP contribution in [0.15, 0.2) is 18.2 Å². The van der Waals surface area contributed by atoms with Gasteiger partial charge in [-0.1, -0.05) is 0 Å². The number of ketones is 1. The standard InChI is InChI=1S/C10H8FNO3/c11-6-1-2-8(9(14)3-6)12-5-7(13)4-10(12)15/h1-3,14H,4-5H2. The second-order valence-electron chi connectivity index (χ2n) is 3.33. The minimum atomic E-state index is -0.589. The Morgan fingerprint density at radius 3 is 2.60 bits per heavy atom. The quantitative estimate of drug-likeness (QED) is 0.697. The fourth-order valence-electron chi connectivity index (χ4n) is 1.53. The number of carbonyl (C=O) groups is 2. The summed E-state index contributed by atoms with van der Waals surface area (Å²) in [5.41, 5.74) is 0.173. The first-order valence-corrected chi connectivity index (χ1v) is 4.38. The van der Waals surface area contributed by atoms with Gasteiger partial charge in [0.15, 0.2) is 5.78 Å². The maximum atomic E-state index is 12.7. The molecule has 4 nitrogen and oxygen atoms in total. The van der Waals surface area contributed by atoms with Crippen LogP contribution in [0.25, 0.3) is 0 Å². The van der Waals surface area contributed by atoms with Gasteiger partial charge in [0.25, 0.3) is 0 Å². The second kappa shape index (κ2) is 3.34. The monoisotopic (exact) mass is 209 g/mol. The number of phenols is 1. The maximum absolute atomic E-state index is 12.7. The first-order valence-electron chi connectivity index (χ1n) is 4.38. The Balaban J connectivity index is 2.38. The third-order valence-electron chi connectivity index (χ3n) is 2.21. The Morgan fingerprint density at radius 1 is 1.33 bits per heavy atom. The SMILES string of the molecule is O=C1CC(=O)N(c2ccc(F)cc2O)C1. The van der Waals surface area contributed by atoms with Crippen LogP contribution < -0.4 is 4.90 Å². The zero-order valence-corrected chi connectivity index (χ0v) is 7.74. The number of anilines is 1. The largest absolute Gasteiger partial charge is 0.506 e. The van der Waals surface area contributed by atoms with Crippen molar-refractivity contribution in [2.75, 3.05) is 11.4 Å². The summed E-state index contributed by atoms with van der Waals surface area (Å²) in [6.07, 6.45) is -0.156. The zero-order valence-electron chi connectivity index (χ0n) is 7.74. The highest BCUT2D eigenvalue weighted by Gasteiger charge is 2.30. The first-order chi connectivity index (χ1) is 7.08. The fraction of sp³-hybridized carbons (Fsp3) is 0.200. The lowest BCUT2D eigenvalue weighted by molar-refractivity contribution is -0.121. The number of Topliss-reactive ketones (excluding diaryl/α,β-unsaturated/α-hetero) is 1. The molecule has 1 saturated heterocycles. The van der Waals surface area contributed by atoms with E-state index in [2.05, 4.69) is 0 Å². The Labute approximate surface area is 84.9 Å². The van der Waals surface area contributed by atoms with Gasteiger partial charge in [-0.25, -0.2) is 4.39 Å². The second-order valence-corrected chi connectivity index (χ2v) is 3.33. The van der Waals surface area contributed by atoms with E-state index < -0.39 is 5.82 Å². The molecule has 5 heteroatoms. The molecule has 1 aromatic rings. The van der Waals surface area contributed by atoms with Gasteiger partial charge in [0.1, 0.15) is 11.6 Å². The normalized spacial score (nSPS) is 16.2. The minimum Gasteiger partial charge on any atom is -0.506 e. The number of aromatic hydroxyl groups is 1. The van der Waals surface area contributed by atoms with E-state index in [9.17, 15) is 19.1 Å². The lowest BCUT2D eigenvalue weighted by Crippen LogP contribution is -2.24. The van der Waals surface area contributed by atoms with Gasteiger partial charge < -0.3 is 10.0 Å². The summed E-state index contributed by atoms with van der Waals surface area (Å²) in [4.78, 5) is 23.5. The van der Waals surface area contributed by atoms with Crippen molar-refractivity contribution in [2.24, 2.45) is 0 Å². The summed E-state index contributed by atoms with van der Waals surface area (Å²) in [7, 11) is 0. The van der Waals surface area contributed by atoms with Crippen molar-refractivity contribution in [2.45, 2.75) is 6.42 Å². The molecule has 0 aromatic heterocycles. The van der Waals surface area contributed by atoms with Crippen molar-refractivity contribution in [1.82, 2.24) is 0 Å². The summed E-state index contributed by atoms with van der Waals surface area (Å²) in [5, 5.41) is 9.41. The number of nitrogens with zero attached hydrogens (tertiary/aromatic N) is 1. The van der Waals surface area contributed by atoms with Gasteiger partial charge in [-0.3, -0.25) is 9.59 Å². The molecule has 0 bridgehead atoms. The van der Waals surface area contributed by atoms with Gasteiger partial charge in [0, 0.05) is 6.07 Å². The molecule has 1 aliphatic rings. The van der Waals surface area contributed by atoms with Crippen LogP contribution in [-0.2, 0) is 9.59 Å². The van der Waals surface area contributed by atoms with E-state index in [-0.39, 0.29) is 36.1 Å². The molecular weight excluding hydrogens is 201 g/mol. The lowest BCUT2D eigenvalue weighted by atomic mass is 10.2. The Kier molecular flexibility index (Phi) is 2.15. The van der Waals surface area contributed by atoms with Gasteiger partial charge in [-0.2, -0.15) is 0 Å². The first kappa shape index (κ1) is 9.64. The molecule has 1 heterocycles. The van der Waals surface area contributed by atoms with Gasteiger partial charge >= 0.3 is 0 Å². The number of benzene rings is 1. The predicted molar refractivity (Wildman–Crippen MR) is 50.0 cm³/mol. The number of carbonyl (C=O) groups excluding carboxylic acids is 2. The minimum absolute atomic E-state index is 0.0575. The summed E-state index contributed by atoms with van der Waals surface area (Å²) in [6, 6.07) is 3.32.